The zero-order valence-electron chi connectivity index (χ0n) is 9.34. The lowest BCUT2D eigenvalue weighted by Crippen LogP contribution is -2.47. The molecule has 1 aliphatic heterocycles. The first-order valence-corrected chi connectivity index (χ1v) is 8.98. The van der Waals surface area contributed by atoms with Gasteiger partial charge in [0.15, 0.2) is 0 Å². The highest BCUT2D eigenvalue weighted by atomic mass is 28.3. The van der Waals surface area contributed by atoms with E-state index in [1.807, 2.05) is 6.08 Å². The highest BCUT2D eigenvalue weighted by molar-refractivity contribution is 6.77. The monoisotopic (exact) mass is 197 g/mol. The van der Waals surface area contributed by atoms with E-state index in [0.717, 1.165) is 12.1 Å². The van der Waals surface area contributed by atoms with E-state index >= 15 is 0 Å². The van der Waals surface area contributed by atoms with Gasteiger partial charge in [-0.2, -0.15) is 0 Å². The summed E-state index contributed by atoms with van der Waals surface area (Å²) < 4.78 is 0. The van der Waals surface area contributed by atoms with Crippen LogP contribution in [0.4, 0.5) is 0 Å². The lowest BCUT2D eigenvalue weighted by atomic mass is 10.4. The van der Waals surface area contributed by atoms with Gasteiger partial charge in [0.25, 0.3) is 0 Å². The van der Waals surface area contributed by atoms with Gasteiger partial charge in [-0.05, 0) is 25.8 Å². The van der Waals surface area contributed by atoms with Crippen LogP contribution in [-0.2, 0) is 0 Å². The van der Waals surface area contributed by atoms with Crippen molar-refractivity contribution in [1.29, 1.82) is 0 Å². The van der Waals surface area contributed by atoms with Crippen LogP contribution < -0.4 is 0 Å². The number of hydrogen-bond acceptors (Lipinski definition) is 1. The van der Waals surface area contributed by atoms with E-state index in [1.54, 1.807) is 0 Å². The van der Waals surface area contributed by atoms with Gasteiger partial charge in [-0.3, -0.25) is 0 Å². The van der Waals surface area contributed by atoms with Crippen molar-refractivity contribution in [3.63, 3.8) is 0 Å². The molecule has 0 saturated carbocycles. The zero-order valence-corrected chi connectivity index (χ0v) is 10.3. The Hall–Kier alpha value is -0.0831. The molecule has 1 atom stereocenters. The summed E-state index contributed by atoms with van der Waals surface area (Å²) in [6.07, 6.45) is 6.04. The number of nitrogens with zero attached hydrogens (tertiary/aromatic N) is 1. The van der Waals surface area contributed by atoms with Crippen molar-refractivity contribution in [2.45, 2.75) is 44.6 Å². The minimum Gasteiger partial charge on any atom is -0.303 e. The van der Waals surface area contributed by atoms with Crippen LogP contribution in [0.25, 0.3) is 0 Å². The topological polar surface area (TPSA) is 3.24 Å². The molecular weight excluding hydrogens is 174 g/mol. The second kappa shape index (κ2) is 4.42. The maximum Gasteiger partial charge on any atom is 0.0638 e. The fourth-order valence-corrected chi connectivity index (χ4v) is 4.76. The fourth-order valence-electron chi connectivity index (χ4n) is 2.33. The van der Waals surface area contributed by atoms with E-state index in [2.05, 4.69) is 31.1 Å². The minimum absolute atomic E-state index is 0.924. The average molecular weight is 197 g/mol. The third kappa shape index (κ3) is 2.95. The van der Waals surface area contributed by atoms with Gasteiger partial charge in [-0.25, -0.2) is 0 Å². The minimum atomic E-state index is -0.946. The van der Waals surface area contributed by atoms with Crippen molar-refractivity contribution in [2.24, 2.45) is 0 Å². The summed E-state index contributed by atoms with van der Waals surface area (Å²) >= 11 is 0. The molecule has 1 unspecified atom stereocenters. The predicted octanol–water partition coefficient (Wildman–Crippen LogP) is 2.90. The third-order valence-corrected chi connectivity index (χ3v) is 5.64. The molecule has 0 aromatic rings. The van der Waals surface area contributed by atoms with Crippen LogP contribution >= 0.6 is 0 Å². The lowest BCUT2D eigenvalue weighted by molar-refractivity contribution is 0.310. The van der Waals surface area contributed by atoms with Crippen LogP contribution in [0, 0.1) is 0 Å². The second-order valence-electron chi connectivity index (χ2n) is 5.14. The molecule has 0 bridgehead atoms. The Morgan fingerprint density at radius 2 is 2.15 bits per heavy atom. The summed E-state index contributed by atoms with van der Waals surface area (Å²) in [5.41, 5.74) is 0.924. The first-order chi connectivity index (χ1) is 6.05. The van der Waals surface area contributed by atoms with Gasteiger partial charge in [0.1, 0.15) is 0 Å². The van der Waals surface area contributed by atoms with Crippen molar-refractivity contribution >= 4 is 8.07 Å². The molecule has 0 radical (unpaired) electrons. The molecule has 1 nitrogen and oxygen atoms in total. The molecule has 0 aromatic carbocycles. The van der Waals surface area contributed by atoms with E-state index in [4.69, 9.17) is 0 Å². The van der Waals surface area contributed by atoms with Crippen molar-refractivity contribution < 1.29 is 0 Å². The summed E-state index contributed by atoms with van der Waals surface area (Å²) in [6.45, 7) is 13.8. The predicted molar refractivity (Wildman–Crippen MR) is 62.8 cm³/mol. The molecule has 0 N–H and O–H groups in total. The molecule has 1 heterocycles. The van der Waals surface area contributed by atoms with Gasteiger partial charge in [0.2, 0.25) is 0 Å². The Balaban J connectivity index is 2.48. The van der Waals surface area contributed by atoms with E-state index in [0.29, 0.717) is 0 Å². The molecule has 1 saturated heterocycles. The van der Waals surface area contributed by atoms with Crippen LogP contribution in [0.15, 0.2) is 12.7 Å². The highest BCUT2D eigenvalue weighted by Gasteiger charge is 2.34. The van der Waals surface area contributed by atoms with Crippen molar-refractivity contribution in [2.75, 3.05) is 13.1 Å². The Kier molecular flexibility index (Phi) is 3.74. The Labute approximate surface area is 83.8 Å². The maximum absolute atomic E-state index is 3.79. The summed E-state index contributed by atoms with van der Waals surface area (Å²) in [5, 5.41) is 0. The van der Waals surface area contributed by atoms with Gasteiger partial charge in [-0.1, -0.05) is 25.7 Å². The van der Waals surface area contributed by atoms with Gasteiger partial charge in [0, 0.05) is 12.2 Å². The van der Waals surface area contributed by atoms with Gasteiger partial charge < -0.3 is 4.90 Å². The Morgan fingerprint density at radius 1 is 1.46 bits per heavy atom. The first kappa shape index (κ1) is 11.0. The quantitative estimate of drug-likeness (QED) is 0.495. The molecule has 0 aromatic heterocycles. The number of rotatable bonds is 4. The molecule has 1 aliphatic rings. The average Bonchev–Trinajstić information content (AvgIpc) is 2.47. The Bertz CT molecular complexity index is 171. The Morgan fingerprint density at radius 3 is 2.69 bits per heavy atom. The highest BCUT2D eigenvalue weighted by Crippen LogP contribution is 2.25. The van der Waals surface area contributed by atoms with Gasteiger partial charge in [0.05, 0.1) is 8.07 Å². The van der Waals surface area contributed by atoms with Crippen molar-refractivity contribution in [3.05, 3.63) is 12.7 Å². The van der Waals surface area contributed by atoms with E-state index in [-0.39, 0.29) is 0 Å². The standard InChI is InChI=1S/C11H23NSi/c1-5-6-9-12-10-7-8-11(12)13(2,3)4/h5,11H,1,6-10H2,2-4H3. The third-order valence-electron chi connectivity index (χ3n) is 2.98. The van der Waals surface area contributed by atoms with Gasteiger partial charge >= 0.3 is 0 Å². The maximum atomic E-state index is 3.79. The number of hydrogen-bond donors (Lipinski definition) is 0. The van der Waals surface area contributed by atoms with Crippen LogP contribution in [0.5, 0.6) is 0 Å². The molecule has 0 amide bonds. The van der Waals surface area contributed by atoms with E-state index < -0.39 is 8.07 Å². The molecule has 1 fully saturated rings. The molecule has 1 rings (SSSR count). The number of likely N-dealkylation sites (tertiary alicyclic amines) is 1. The lowest BCUT2D eigenvalue weighted by Gasteiger charge is -2.33. The molecule has 0 aliphatic carbocycles. The molecular formula is C11H23NSi. The van der Waals surface area contributed by atoms with E-state index in [9.17, 15) is 0 Å². The zero-order chi connectivity index (χ0) is 9.90. The van der Waals surface area contributed by atoms with Crippen LogP contribution in [0.2, 0.25) is 19.6 Å². The summed E-state index contributed by atoms with van der Waals surface area (Å²) in [4.78, 5) is 2.69. The van der Waals surface area contributed by atoms with Crippen LogP contribution in [0.3, 0.4) is 0 Å². The van der Waals surface area contributed by atoms with Crippen molar-refractivity contribution in [1.82, 2.24) is 4.90 Å². The summed E-state index contributed by atoms with van der Waals surface area (Å²) in [7, 11) is -0.946. The van der Waals surface area contributed by atoms with Gasteiger partial charge in [-0.15, -0.1) is 6.58 Å². The smallest absolute Gasteiger partial charge is 0.0638 e. The second-order valence-corrected chi connectivity index (χ2v) is 10.5. The SMILES string of the molecule is C=CCCN1CCCC1[Si](C)(C)C. The first-order valence-electron chi connectivity index (χ1n) is 5.40. The summed E-state index contributed by atoms with van der Waals surface area (Å²) in [6, 6.07) is 0. The summed E-state index contributed by atoms with van der Waals surface area (Å²) in [5.74, 6) is 0. The molecule has 2 heteroatoms. The normalized spacial score (nSPS) is 25.0. The van der Waals surface area contributed by atoms with E-state index in [1.165, 1.54) is 25.9 Å². The fraction of sp³-hybridized carbons (Fsp3) is 0.818. The van der Waals surface area contributed by atoms with Crippen LogP contribution in [0.1, 0.15) is 19.3 Å². The van der Waals surface area contributed by atoms with Crippen LogP contribution in [-0.4, -0.2) is 31.7 Å². The molecule has 76 valence electrons. The van der Waals surface area contributed by atoms with Crippen molar-refractivity contribution in [3.8, 4) is 0 Å². The molecule has 0 spiro atoms. The molecule has 13 heavy (non-hydrogen) atoms. The largest absolute Gasteiger partial charge is 0.303 e.